The summed E-state index contributed by atoms with van der Waals surface area (Å²) in [7, 11) is 2.08. The zero-order valence-corrected chi connectivity index (χ0v) is 13.6. The van der Waals surface area contributed by atoms with E-state index in [2.05, 4.69) is 28.0 Å². The fraction of sp³-hybridized carbons (Fsp3) is 0.333. The Hall–Kier alpha value is -2.60. The maximum atomic E-state index is 12.0. The van der Waals surface area contributed by atoms with Crippen molar-refractivity contribution in [3.8, 4) is 5.69 Å². The molecular weight excluding hydrogens is 304 g/mol. The molecule has 3 aromatic rings. The zero-order valence-electron chi connectivity index (χ0n) is 13.6. The van der Waals surface area contributed by atoms with Crippen molar-refractivity contribution in [3.05, 3.63) is 63.1 Å². The third kappa shape index (κ3) is 2.49. The summed E-state index contributed by atoms with van der Waals surface area (Å²) in [6.45, 7) is 2.12. The van der Waals surface area contributed by atoms with Gasteiger partial charge >= 0.3 is 5.69 Å². The smallest absolute Gasteiger partial charge is 0.332 e. The first-order chi connectivity index (χ1) is 11.6. The van der Waals surface area contributed by atoms with Crippen molar-refractivity contribution >= 4 is 10.9 Å². The molecule has 0 saturated carbocycles. The molecule has 0 spiro atoms. The summed E-state index contributed by atoms with van der Waals surface area (Å²) in [6, 6.07) is 9.56. The number of hydrogen-bond acceptors (Lipinski definition) is 3. The lowest BCUT2D eigenvalue weighted by molar-refractivity contribution is 0.447. The van der Waals surface area contributed by atoms with Gasteiger partial charge in [-0.25, -0.2) is 4.79 Å². The first-order valence-corrected chi connectivity index (χ1v) is 8.26. The fourth-order valence-electron chi connectivity index (χ4n) is 3.62. The van der Waals surface area contributed by atoms with Gasteiger partial charge in [0.05, 0.1) is 11.2 Å². The summed E-state index contributed by atoms with van der Waals surface area (Å²) >= 11 is 0. The second kappa shape index (κ2) is 5.79. The van der Waals surface area contributed by atoms with E-state index in [1.165, 1.54) is 27.9 Å². The molecular formula is C18H20N4O2. The Bertz CT molecular complexity index is 1010. The van der Waals surface area contributed by atoms with Gasteiger partial charge in [-0.05, 0) is 44.1 Å². The van der Waals surface area contributed by atoms with Gasteiger partial charge in [-0.15, -0.1) is 0 Å². The van der Waals surface area contributed by atoms with E-state index in [0.29, 0.717) is 5.92 Å². The molecule has 4 rings (SSSR count). The van der Waals surface area contributed by atoms with Crippen molar-refractivity contribution < 1.29 is 0 Å². The van der Waals surface area contributed by atoms with E-state index < -0.39 is 5.69 Å². The van der Waals surface area contributed by atoms with E-state index in [9.17, 15) is 9.59 Å². The Morgan fingerprint density at radius 2 is 1.88 bits per heavy atom. The molecule has 124 valence electrons. The minimum Gasteiger partial charge on any atom is -0.347 e. The van der Waals surface area contributed by atoms with E-state index in [4.69, 9.17) is 0 Å². The van der Waals surface area contributed by atoms with Gasteiger partial charge in [0, 0.05) is 36.3 Å². The van der Waals surface area contributed by atoms with Gasteiger partial charge in [-0.3, -0.25) is 14.3 Å². The summed E-state index contributed by atoms with van der Waals surface area (Å²) in [4.78, 5) is 25.5. The molecule has 0 aliphatic carbocycles. The number of rotatable bonds is 2. The number of H-pyrrole nitrogens is 1. The molecule has 6 nitrogen and oxygen atoms in total. The van der Waals surface area contributed by atoms with Gasteiger partial charge in [0.15, 0.2) is 0 Å². The molecule has 0 bridgehead atoms. The fourth-order valence-corrected chi connectivity index (χ4v) is 3.62. The lowest BCUT2D eigenvalue weighted by Crippen LogP contribution is -2.27. The van der Waals surface area contributed by atoms with Crippen LogP contribution in [0.1, 0.15) is 24.5 Å². The first kappa shape index (κ1) is 15.0. The number of aromatic amines is 1. The van der Waals surface area contributed by atoms with Gasteiger partial charge in [0.1, 0.15) is 0 Å². The van der Waals surface area contributed by atoms with E-state index in [0.717, 1.165) is 37.1 Å². The number of aromatic nitrogens is 3. The topological polar surface area (TPSA) is 71.8 Å². The highest BCUT2D eigenvalue weighted by atomic mass is 16.2. The molecule has 24 heavy (non-hydrogen) atoms. The molecule has 0 amide bonds. The number of hydrogen-bond donors (Lipinski definition) is 2. The van der Waals surface area contributed by atoms with Crippen LogP contribution in [-0.2, 0) is 7.05 Å². The molecule has 1 aromatic carbocycles. The van der Waals surface area contributed by atoms with E-state index in [1.807, 2.05) is 18.2 Å². The largest absolute Gasteiger partial charge is 0.347 e. The highest BCUT2D eigenvalue weighted by Gasteiger charge is 2.19. The van der Waals surface area contributed by atoms with Crippen molar-refractivity contribution in [2.24, 2.45) is 7.05 Å². The number of nitrogens with zero attached hydrogens (tertiary/aromatic N) is 2. The average Bonchev–Trinajstić information content (AvgIpc) is 2.92. The van der Waals surface area contributed by atoms with Gasteiger partial charge in [-0.1, -0.05) is 6.07 Å². The van der Waals surface area contributed by atoms with E-state index in [1.54, 1.807) is 0 Å². The molecule has 0 atom stereocenters. The average molecular weight is 324 g/mol. The van der Waals surface area contributed by atoms with Crippen LogP contribution >= 0.6 is 0 Å². The molecule has 3 heterocycles. The van der Waals surface area contributed by atoms with Crippen molar-refractivity contribution in [1.29, 1.82) is 0 Å². The minimum atomic E-state index is -0.422. The highest BCUT2D eigenvalue weighted by molar-refractivity contribution is 5.83. The number of benzene rings is 1. The molecule has 1 saturated heterocycles. The SMILES string of the molecule is Cn1c(C2CCNCC2)cc2ccc(-n3ccc(=O)[nH]c3=O)cc21. The second-order valence-corrected chi connectivity index (χ2v) is 6.38. The second-order valence-electron chi connectivity index (χ2n) is 6.38. The van der Waals surface area contributed by atoms with Crippen LogP contribution < -0.4 is 16.6 Å². The number of aryl methyl sites for hydroxylation is 1. The summed E-state index contributed by atoms with van der Waals surface area (Å²) in [6.07, 6.45) is 3.81. The standard InChI is InChI=1S/C18H20N4O2/c1-21-15(12-4-7-19-8-5-12)10-13-2-3-14(11-16(13)21)22-9-6-17(23)20-18(22)24/h2-3,6,9-12,19H,4-5,7-8H2,1H3,(H,20,23,24). The molecule has 6 heteroatoms. The Labute approximate surface area is 138 Å². The Morgan fingerprint density at radius 1 is 1.08 bits per heavy atom. The third-order valence-corrected chi connectivity index (χ3v) is 4.93. The highest BCUT2D eigenvalue weighted by Crippen LogP contribution is 2.30. The van der Waals surface area contributed by atoms with Gasteiger partial charge in [0.2, 0.25) is 0 Å². The van der Waals surface area contributed by atoms with Crippen LogP contribution in [0.25, 0.3) is 16.6 Å². The molecule has 1 fully saturated rings. The minimum absolute atomic E-state index is 0.385. The number of piperidine rings is 1. The van der Waals surface area contributed by atoms with Crippen molar-refractivity contribution in [3.63, 3.8) is 0 Å². The van der Waals surface area contributed by atoms with Crippen LogP contribution in [0, 0.1) is 0 Å². The Balaban J connectivity index is 1.82. The zero-order chi connectivity index (χ0) is 16.7. The summed E-state index contributed by atoms with van der Waals surface area (Å²) < 4.78 is 3.68. The molecule has 1 aliphatic heterocycles. The van der Waals surface area contributed by atoms with Crippen LogP contribution in [0.2, 0.25) is 0 Å². The Morgan fingerprint density at radius 3 is 2.62 bits per heavy atom. The van der Waals surface area contributed by atoms with Crippen LogP contribution in [0.5, 0.6) is 0 Å². The quantitative estimate of drug-likeness (QED) is 0.750. The molecule has 1 aliphatic rings. The predicted molar refractivity (Wildman–Crippen MR) is 94.0 cm³/mol. The molecule has 0 unspecified atom stereocenters. The predicted octanol–water partition coefficient (Wildman–Crippen LogP) is 1.48. The summed E-state index contributed by atoms with van der Waals surface area (Å²) in [5.41, 5.74) is 2.39. The van der Waals surface area contributed by atoms with Gasteiger partial charge in [0.25, 0.3) is 5.56 Å². The molecule has 2 aromatic heterocycles. The van der Waals surface area contributed by atoms with Crippen molar-refractivity contribution in [2.75, 3.05) is 13.1 Å². The normalized spacial score (nSPS) is 15.9. The summed E-state index contributed by atoms with van der Waals surface area (Å²) in [5, 5.41) is 4.58. The van der Waals surface area contributed by atoms with Crippen LogP contribution in [0.3, 0.4) is 0 Å². The molecule has 2 N–H and O–H groups in total. The third-order valence-electron chi connectivity index (χ3n) is 4.93. The van der Waals surface area contributed by atoms with Crippen molar-refractivity contribution in [1.82, 2.24) is 19.4 Å². The first-order valence-electron chi connectivity index (χ1n) is 8.26. The van der Waals surface area contributed by atoms with Crippen LogP contribution in [0.4, 0.5) is 0 Å². The van der Waals surface area contributed by atoms with Crippen LogP contribution in [-0.4, -0.2) is 27.2 Å². The number of fused-ring (bicyclic) bond motifs is 1. The van der Waals surface area contributed by atoms with Gasteiger partial charge < -0.3 is 9.88 Å². The van der Waals surface area contributed by atoms with Crippen LogP contribution in [0.15, 0.2) is 46.1 Å². The monoisotopic (exact) mass is 324 g/mol. The van der Waals surface area contributed by atoms with Crippen molar-refractivity contribution in [2.45, 2.75) is 18.8 Å². The summed E-state index contributed by atoms with van der Waals surface area (Å²) in [5.74, 6) is 0.572. The maximum Gasteiger partial charge on any atom is 0.332 e. The van der Waals surface area contributed by atoms with Gasteiger partial charge in [-0.2, -0.15) is 0 Å². The van der Waals surface area contributed by atoms with E-state index in [-0.39, 0.29) is 5.56 Å². The Kier molecular flexibility index (Phi) is 3.61. The number of nitrogens with one attached hydrogen (secondary N) is 2. The lowest BCUT2D eigenvalue weighted by atomic mass is 9.94. The van der Waals surface area contributed by atoms with E-state index >= 15 is 0 Å². The maximum absolute atomic E-state index is 12.0. The molecule has 0 radical (unpaired) electrons. The lowest BCUT2D eigenvalue weighted by Gasteiger charge is -2.23.